The maximum Gasteiger partial charge on any atom is 0.428 e. The van der Waals surface area contributed by atoms with Crippen molar-refractivity contribution in [3.05, 3.63) is 70.5 Å². The molecule has 1 aromatic heterocycles. The first kappa shape index (κ1) is 16.0. The number of aryl methyl sites for hydroxylation is 1. The van der Waals surface area contributed by atoms with Crippen LogP contribution in [-0.4, -0.2) is 17.1 Å². The number of carbonyl (C=O) groups is 1. The Bertz CT molecular complexity index is 900. The van der Waals surface area contributed by atoms with Crippen LogP contribution in [0.4, 0.5) is 9.18 Å². The van der Waals surface area contributed by atoms with Crippen LogP contribution in [0, 0.1) is 5.82 Å². The number of unbranched alkanes of at least 4 members (excludes halogenated alkanes) is 1. The first-order valence-electron chi connectivity index (χ1n) is 7.79. The molecule has 6 heteroatoms. The number of amides is 1. The lowest BCUT2D eigenvalue weighted by Crippen LogP contribution is -2.34. The zero-order chi connectivity index (χ0) is 16.9. The monoisotopic (exact) mass is 328 g/mol. The molecule has 0 unspecified atom stereocenters. The molecule has 0 radical (unpaired) electrons. The summed E-state index contributed by atoms with van der Waals surface area (Å²) in [5, 5.41) is 2.63. The van der Waals surface area contributed by atoms with E-state index in [2.05, 4.69) is 17.4 Å². The lowest BCUT2D eigenvalue weighted by Gasteiger charge is -2.05. The third kappa shape index (κ3) is 3.37. The summed E-state index contributed by atoms with van der Waals surface area (Å²) in [6, 6.07) is 13.4. The molecule has 0 aliphatic carbocycles. The second kappa shape index (κ2) is 7.12. The summed E-state index contributed by atoms with van der Waals surface area (Å²) in [6.07, 6.45) is 2.58. The average Bonchev–Trinajstić information content (AvgIpc) is 2.93. The van der Waals surface area contributed by atoms with E-state index in [0.29, 0.717) is 11.1 Å². The molecular formula is C18H17FN2O3. The zero-order valence-electron chi connectivity index (χ0n) is 13.0. The molecule has 1 N–H and O–H groups in total. The number of nitrogens with one attached hydrogen (secondary N) is 1. The minimum atomic E-state index is -0.892. The van der Waals surface area contributed by atoms with Gasteiger partial charge in [0.1, 0.15) is 5.52 Å². The van der Waals surface area contributed by atoms with E-state index in [-0.39, 0.29) is 11.1 Å². The van der Waals surface area contributed by atoms with E-state index in [1.165, 1.54) is 23.8 Å². The van der Waals surface area contributed by atoms with Gasteiger partial charge >= 0.3 is 11.8 Å². The third-order valence-corrected chi connectivity index (χ3v) is 3.77. The van der Waals surface area contributed by atoms with E-state index < -0.39 is 17.6 Å². The lowest BCUT2D eigenvalue weighted by molar-refractivity contribution is 0.241. The van der Waals surface area contributed by atoms with Crippen molar-refractivity contribution in [2.45, 2.75) is 19.3 Å². The number of hydrogen-bond donors (Lipinski definition) is 1. The van der Waals surface area contributed by atoms with E-state index in [0.717, 1.165) is 19.3 Å². The van der Waals surface area contributed by atoms with Crippen LogP contribution in [0.1, 0.15) is 18.4 Å². The van der Waals surface area contributed by atoms with Crippen LogP contribution < -0.4 is 11.1 Å². The molecule has 0 saturated carbocycles. The van der Waals surface area contributed by atoms with Crippen molar-refractivity contribution in [1.29, 1.82) is 0 Å². The maximum atomic E-state index is 13.9. The molecule has 0 fully saturated rings. The van der Waals surface area contributed by atoms with Crippen LogP contribution in [0.3, 0.4) is 0 Å². The SMILES string of the molecule is O=C(NCCCCc1ccccc1)n1c(=O)oc2cccc(F)c21. The Morgan fingerprint density at radius 2 is 1.88 bits per heavy atom. The lowest BCUT2D eigenvalue weighted by atomic mass is 10.1. The van der Waals surface area contributed by atoms with Crippen molar-refractivity contribution in [2.24, 2.45) is 0 Å². The molecule has 5 nitrogen and oxygen atoms in total. The van der Waals surface area contributed by atoms with Gasteiger partial charge in [0, 0.05) is 6.54 Å². The molecule has 0 atom stereocenters. The van der Waals surface area contributed by atoms with Crippen molar-refractivity contribution >= 4 is 17.1 Å². The molecule has 124 valence electrons. The van der Waals surface area contributed by atoms with Gasteiger partial charge in [-0.05, 0) is 37.0 Å². The van der Waals surface area contributed by atoms with E-state index in [1.807, 2.05) is 18.2 Å². The maximum absolute atomic E-state index is 13.9. The highest BCUT2D eigenvalue weighted by molar-refractivity contribution is 5.88. The standard InChI is InChI=1S/C18H17FN2O3/c19-14-10-6-11-15-16(14)21(18(23)24-15)17(22)20-12-5-4-9-13-7-2-1-3-8-13/h1-3,6-8,10-11H,4-5,9,12H2,(H,20,22). The van der Waals surface area contributed by atoms with Crippen LogP contribution in [0.25, 0.3) is 11.1 Å². The van der Waals surface area contributed by atoms with Crippen molar-refractivity contribution in [2.75, 3.05) is 6.54 Å². The van der Waals surface area contributed by atoms with Crippen LogP contribution in [0.15, 0.2) is 57.7 Å². The molecule has 0 bridgehead atoms. The van der Waals surface area contributed by atoms with E-state index in [1.54, 1.807) is 0 Å². The normalized spacial score (nSPS) is 10.9. The Morgan fingerprint density at radius 3 is 2.67 bits per heavy atom. The van der Waals surface area contributed by atoms with Crippen molar-refractivity contribution in [1.82, 2.24) is 9.88 Å². The Morgan fingerprint density at radius 1 is 1.08 bits per heavy atom. The van der Waals surface area contributed by atoms with Gasteiger partial charge in [-0.25, -0.2) is 14.0 Å². The van der Waals surface area contributed by atoms with Gasteiger partial charge in [0.15, 0.2) is 11.4 Å². The number of oxazole rings is 1. The van der Waals surface area contributed by atoms with E-state index >= 15 is 0 Å². The number of fused-ring (bicyclic) bond motifs is 1. The quantitative estimate of drug-likeness (QED) is 0.731. The fourth-order valence-electron chi connectivity index (χ4n) is 2.58. The highest BCUT2D eigenvalue weighted by Crippen LogP contribution is 2.16. The number of hydrogen-bond acceptors (Lipinski definition) is 3. The van der Waals surface area contributed by atoms with Gasteiger partial charge in [-0.2, -0.15) is 4.57 Å². The largest absolute Gasteiger partial charge is 0.428 e. The van der Waals surface area contributed by atoms with Gasteiger partial charge < -0.3 is 9.73 Å². The highest BCUT2D eigenvalue weighted by atomic mass is 19.1. The number of aromatic nitrogens is 1. The van der Waals surface area contributed by atoms with Gasteiger partial charge in [-0.1, -0.05) is 36.4 Å². The minimum absolute atomic E-state index is 0.0548. The number of benzene rings is 2. The Hall–Kier alpha value is -2.89. The summed E-state index contributed by atoms with van der Waals surface area (Å²) in [5.74, 6) is -1.56. The van der Waals surface area contributed by atoms with Crippen molar-refractivity contribution in [3.8, 4) is 0 Å². The van der Waals surface area contributed by atoms with Crippen LogP contribution in [-0.2, 0) is 6.42 Å². The van der Waals surface area contributed by atoms with E-state index in [9.17, 15) is 14.0 Å². The summed E-state index contributed by atoms with van der Waals surface area (Å²) in [6.45, 7) is 0.402. The predicted octanol–water partition coefficient (Wildman–Crippen LogP) is 3.31. The molecule has 0 aliphatic rings. The van der Waals surface area contributed by atoms with Gasteiger partial charge in [-0.15, -0.1) is 0 Å². The van der Waals surface area contributed by atoms with Crippen molar-refractivity contribution < 1.29 is 13.6 Å². The van der Waals surface area contributed by atoms with Gasteiger partial charge in [-0.3, -0.25) is 0 Å². The fourth-order valence-corrected chi connectivity index (χ4v) is 2.58. The molecule has 2 aromatic carbocycles. The molecule has 1 amide bonds. The predicted molar refractivity (Wildman–Crippen MR) is 88.6 cm³/mol. The summed E-state index contributed by atoms with van der Waals surface area (Å²) >= 11 is 0. The first-order chi connectivity index (χ1) is 11.7. The number of carbonyl (C=O) groups excluding carboxylic acids is 1. The third-order valence-electron chi connectivity index (χ3n) is 3.77. The van der Waals surface area contributed by atoms with Crippen LogP contribution >= 0.6 is 0 Å². The van der Waals surface area contributed by atoms with Crippen molar-refractivity contribution in [3.63, 3.8) is 0 Å². The zero-order valence-corrected chi connectivity index (χ0v) is 13.0. The Kier molecular flexibility index (Phi) is 4.74. The first-order valence-corrected chi connectivity index (χ1v) is 7.79. The second-order valence-corrected chi connectivity index (χ2v) is 5.46. The van der Waals surface area contributed by atoms with E-state index in [4.69, 9.17) is 4.42 Å². The Labute approximate surface area is 137 Å². The smallest absolute Gasteiger partial charge is 0.407 e. The Balaban J connectivity index is 1.58. The number of halogens is 1. The highest BCUT2D eigenvalue weighted by Gasteiger charge is 2.18. The topological polar surface area (TPSA) is 64.2 Å². The van der Waals surface area contributed by atoms with Crippen LogP contribution in [0.5, 0.6) is 0 Å². The van der Waals surface area contributed by atoms with Gasteiger partial charge in [0.05, 0.1) is 0 Å². The summed E-state index contributed by atoms with van der Waals surface area (Å²) in [7, 11) is 0. The molecule has 3 rings (SSSR count). The molecule has 1 heterocycles. The second-order valence-electron chi connectivity index (χ2n) is 5.46. The number of para-hydroxylation sites is 1. The summed E-state index contributed by atoms with van der Waals surface area (Å²) in [5.41, 5.74) is 1.16. The molecule has 0 saturated heterocycles. The van der Waals surface area contributed by atoms with Gasteiger partial charge in [0.25, 0.3) is 0 Å². The molecule has 3 aromatic rings. The fraction of sp³-hybridized carbons (Fsp3) is 0.222. The van der Waals surface area contributed by atoms with Gasteiger partial charge in [0.2, 0.25) is 0 Å². The average molecular weight is 328 g/mol. The minimum Gasteiger partial charge on any atom is -0.407 e. The summed E-state index contributed by atoms with van der Waals surface area (Å²) < 4.78 is 19.4. The summed E-state index contributed by atoms with van der Waals surface area (Å²) in [4.78, 5) is 23.9. The molecule has 0 spiro atoms. The van der Waals surface area contributed by atoms with Crippen LogP contribution in [0.2, 0.25) is 0 Å². The molecule has 24 heavy (non-hydrogen) atoms. The number of nitrogens with zero attached hydrogens (tertiary/aromatic N) is 1. The molecule has 0 aliphatic heterocycles. The molecular weight excluding hydrogens is 311 g/mol. The number of rotatable bonds is 5.